The van der Waals surface area contributed by atoms with E-state index in [9.17, 15) is 4.39 Å². The second-order valence-electron chi connectivity index (χ2n) is 5.98. The van der Waals surface area contributed by atoms with Crippen molar-refractivity contribution < 1.29 is 18.4 Å². The van der Waals surface area contributed by atoms with Crippen molar-refractivity contribution in [2.45, 2.75) is 45.5 Å². The van der Waals surface area contributed by atoms with Crippen molar-refractivity contribution in [3.63, 3.8) is 0 Å². The molecule has 0 N–H and O–H groups in total. The SMILES string of the molecule is COCc1ncc(C=C(F)B2OC(C)(C)C(C)(C)O2)cn1. The van der Waals surface area contributed by atoms with Crippen LogP contribution in [0.25, 0.3) is 6.08 Å². The Morgan fingerprint density at radius 2 is 1.76 bits per heavy atom. The molecule has 114 valence electrons. The average molecular weight is 294 g/mol. The predicted octanol–water partition coefficient (Wildman–Crippen LogP) is 2.56. The molecule has 1 aromatic heterocycles. The van der Waals surface area contributed by atoms with Crippen LogP contribution in [0.1, 0.15) is 39.1 Å². The van der Waals surface area contributed by atoms with Crippen molar-refractivity contribution in [3.8, 4) is 0 Å². The van der Waals surface area contributed by atoms with E-state index in [0.717, 1.165) is 0 Å². The standard InChI is InChI=1S/C14H20BFN2O3/c1-13(2)14(3,4)21-15(20-13)11(16)6-10-7-17-12(9-19-5)18-8-10/h6-8H,9H2,1-5H3. The van der Waals surface area contributed by atoms with Gasteiger partial charge in [0.2, 0.25) is 0 Å². The number of halogens is 1. The van der Waals surface area contributed by atoms with Crippen LogP contribution in [-0.2, 0) is 20.7 Å². The summed E-state index contributed by atoms with van der Waals surface area (Å²) in [6, 6.07) is 0. The minimum atomic E-state index is -1.01. The Labute approximate surface area is 124 Å². The molecule has 0 aromatic carbocycles. The van der Waals surface area contributed by atoms with Gasteiger partial charge in [0.25, 0.3) is 0 Å². The fourth-order valence-corrected chi connectivity index (χ4v) is 1.83. The molecule has 0 radical (unpaired) electrons. The zero-order chi connectivity index (χ0) is 15.7. The summed E-state index contributed by atoms with van der Waals surface area (Å²) in [7, 11) is 0.559. The Morgan fingerprint density at radius 1 is 1.24 bits per heavy atom. The van der Waals surface area contributed by atoms with Gasteiger partial charge in [0, 0.05) is 25.1 Å². The molecule has 1 fully saturated rings. The molecule has 0 aliphatic carbocycles. The Kier molecular flexibility index (Phi) is 4.46. The molecule has 5 nitrogen and oxygen atoms in total. The summed E-state index contributed by atoms with van der Waals surface area (Å²) in [5, 5.41) is 0. The number of rotatable bonds is 4. The van der Waals surface area contributed by atoms with E-state index >= 15 is 0 Å². The smallest absolute Gasteiger partial charge is 0.398 e. The molecule has 1 aliphatic rings. The highest BCUT2D eigenvalue weighted by atomic mass is 19.1. The van der Waals surface area contributed by atoms with Crippen LogP contribution in [0.4, 0.5) is 4.39 Å². The maximum absolute atomic E-state index is 14.3. The molecular formula is C14H20BFN2O3. The van der Waals surface area contributed by atoms with Crippen molar-refractivity contribution >= 4 is 13.2 Å². The van der Waals surface area contributed by atoms with Crippen LogP contribution in [0.15, 0.2) is 18.1 Å². The third-order valence-electron chi connectivity index (χ3n) is 3.78. The topological polar surface area (TPSA) is 53.5 Å². The highest BCUT2D eigenvalue weighted by molar-refractivity contribution is 6.54. The number of hydrogen-bond donors (Lipinski definition) is 0. The summed E-state index contributed by atoms with van der Waals surface area (Å²) in [4.78, 5) is 8.15. The van der Waals surface area contributed by atoms with E-state index in [4.69, 9.17) is 14.0 Å². The largest absolute Gasteiger partial charge is 0.525 e. The van der Waals surface area contributed by atoms with E-state index in [0.29, 0.717) is 18.0 Å². The van der Waals surface area contributed by atoms with Crippen molar-refractivity contribution in [2.75, 3.05) is 7.11 Å². The number of hydrogen-bond acceptors (Lipinski definition) is 5. The molecule has 1 aliphatic heterocycles. The Morgan fingerprint density at radius 3 is 2.24 bits per heavy atom. The summed E-state index contributed by atoms with van der Waals surface area (Å²) in [6.45, 7) is 7.83. The quantitative estimate of drug-likeness (QED) is 0.799. The van der Waals surface area contributed by atoms with Crippen molar-refractivity contribution in [3.05, 3.63) is 29.5 Å². The van der Waals surface area contributed by atoms with Crippen molar-refractivity contribution in [1.82, 2.24) is 9.97 Å². The van der Waals surface area contributed by atoms with Gasteiger partial charge >= 0.3 is 7.12 Å². The first-order valence-corrected chi connectivity index (χ1v) is 6.78. The van der Waals surface area contributed by atoms with Gasteiger partial charge in [0.15, 0.2) is 5.82 Å². The Balaban J connectivity index is 2.11. The summed E-state index contributed by atoms with van der Waals surface area (Å²) in [5.74, 6) is 0.547. The minimum Gasteiger partial charge on any atom is -0.398 e. The van der Waals surface area contributed by atoms with Gasteiger partial charge in [0.05, 0.1) is 11.2 Å². The fourth-order valence-electron chi connectivity index (χ4n) is 1.83. The molecule has 0 saturated carbocycles. The first-order valence-electron chi connectivity index (χ1n) is 6.78. The average Bonchev–Trinajstić information content (AvgIpc) is 2.61. The zero-order valence-corrected chi connectivity index (χ0v) is 13.0. The van der Waals surface area contributed by atoms with Crippen LogP contribution in [0.3, 0.4) is 0 Å². The second-order valence-corrected chi connectivity index (χ2v) is 5.98. The van der Waals surface area contributed by atoms with Crippen LogP contribution in [-0.4, -0.2) is 35.4 Å². The molecule has 0 amide bonds. The number of aromatic nitrogens is 2. The lowest BCUT2D eigenvalue weighted by Crippen LogP contribution is -2.41. The Bertz CT molecular complexity index is 516. The summed E-state index contributed by atoms with van der Waals surface area (Å²) < 4.78 is 30.4. The monoisotopic (exact) mass is 294 g/mol. The van der Waals surface area contributed by atoms with E-state index in [1.54, 1.807) is 7.11 Å². The summed E-state index contributed by atoms with van der Waals surface area (Å²) in [5.41, 5.74) is -1.10. The van der Waals surface area contributed by atoms with Crippen LogP contribution in [0, 0.1) is 0 Å². The third kappa shape index (κ3) is 3.48. The molecule has 1 saturated heterocycles. The summed E-state index contributed by atoms with van der Waals surface area (Å²) >= 11 is 0. The minimum absolute atomic E-state index is 0.323. The molecule has 0 atom stereocenters. The van der Waals surface area contributed by atoms with Crippen molar-refractivity contribution in [2.24, 2.45) is 0 Å². The van der Waals surface area contributed by atoms with E-state index in [-0.39, 0.29) is 0 Å². The van der Waals surface area contributed by atoms with E-state index in [1.807, 2.05) is 27.7 Å². The molecule has 2 heterocycles. The molecule has 2 rings (SSSR count). The number of ether oxygens (including phenoxy) is 1. The lowest BCUT2D eigenvalue weighted by atomic mass is 9.87. The highest BCUT2D eigenvalue weighted by Gasteiger charge is 2.53. The van der Waals surface area contributed by atoms with Gasteiger partial charge in [-0.25, -0.2) is 14.4 Å². The normalized spacial score (nSPS) is 20.9. The molecule has 1 aromatic rings. The van der Waals surface area contributed by atoms with Gasteiger partial charge in [-0.15, -0.1) is 0 Å². The van der Waals surface area contributed by atoms with Crippen molar-refractivity contribution in [1.29, 1.82) is 0 Å². The lowest BCUT2D eigenvalue weighted by molar-refractivity contribution is 0.00578. The molecule has 0 bridgehead atoms. The maximum atomic E-state index is 14.3. The second kappa shape index (κ2) is 5.83. The van der Waals surface area contributed by atoms with Gasteiger partial charge in [-0.1, -0.05) is 0 Å². The first-order chi connectivity index (χ1) is 9.75. The van der Waals surface area contributed by atoms with Gasteiger partial charge in [0.1, 0.15) is 12.3 Å². The number of nitrogens with zero attached hydrogens (tertiary/aromatic N) is 2. The zero-order valence-electron chi connectivity index (χ0n) is 13.0. The fraction of sp³-hybridized carbons (Fsp3) is 0.571. The Hall–Kier alpha value is -1.31. The van der Waals surface area contributed by atoms with Gasteiger partial charge < -0.3 is 14.0 Å². The van der Waals surface area contributed by atoms with Crippen LogP contribution < -0.4 is 0 Å². The van der Waals surface area contributed by atoms with Crippen LogP contribution in [0.2, 0.25) is 0 Å². The van der Waals surface area contributed by atoms with E-state index < -0.39 is 24.0 Å². The lowest BCUT2D eigenvalue weighted by Gasteiger charge is -2.32. The molecular weight excluding hydrogens is 274 g/mol. The highest BCUT2D eigenvalue weighted by Crippen LogP contribution is 2.38. The molecule has 0 unspecified atom stereocenters. The van der Waals surface area contributed by atoms with E-state index in [1.165, 1.54) is 18.5 Å². The van der Waals surface area contributed by atoms with Crippen LogP contribution in [0.5, 0.6) is 0 Å². The number of methoxy groups -OCH3 is 1. The van der Waals surface area contributed by atoms with Crippen LogP contribution >= 0.6 is 0 Å². The molecule has 0 spiro atoms. The summed E-state index contributed by atoms with van der Waals surface area (Å²) in [6.07, 6.45) is 4.39. The van der Waals surface area contributed by atoms with E-state index in [2.05, 4.69) is 9.97 Å². The first kappa shape index (κ1) is 16.1. The molecule has 21 heavy (non-hydrogen) atoms. The maximum Gasteiger partial charge on any atom is 0.525 e. The predicted molar refractivity (Wildman–Crippen MR) is 77.9 cm³/mol. The molecule has 7 heteroatoms. The third-order valence-corrected chi connectivity index (χ3v) is 3.78. The van der Waals surface area contributed by atoms with Gasteiger partial charge in [-0.05, 0) is 33.8 Å². The van der Waals surface area contributed by atoms with Gasteiger partial charge in [-0.2, -0.15) is 0 Å². The van der Waals surface area contributed by atoms with Gasteiger partial charge in [-0.3, -0.25) is 0 Å².